The molecule has 4 aliphatic heterocycles. The molecular weight excluding hydrogens is 921 g/mol. The Labute approximate surface area is 411 Å². The zero-order valence-electron chi connectivity index (χ0n) is 41.4. The number of hydrogen-bond donors (Lipinski definition) is 2. The highest BCUT2D eigenvalue weighted by Crippen LogP contribution is 2.46. The van der Waals surface area contributed by atoms with Gasteiger partial charge >= 0.3 is 11.9 Å². The van der Waals surface area contributed by atoms with Crippen molar-refractivity contribution in [1.29, 1.82) is 0 Å². The highest BCUT2D eigenvalue weighted by atomic mass is 19.4. The quantitative estimate of drug-likeness (QED) is 0.0938. The molecule has 3 fully saturated rings. The molecule has 9 rings (SSSR count). The largest absolute Gasteiger partial charge is 0.497 e. The van der Waals surface area contributed by atoms with Gasteiger partial charge in [0.15, 0.2) is 5.75 Å². The van der Waals surface area contributed by atoms with Crippen LogP contribution < -0.4 is 25.8 Å². The van der Waals surface area contributed by atoms with Crippen molar-refractivity contribution in [3.8, 4) is 11.5 Å². The van der Waals surface area contributed by atoms with E-state index in [1.54, 1.807) is 17.7 Å². The number of rotatable bonds is 14. The molecule has 17 heteroatoms. The molecule has 1 unspecified atom stereocenters. The maximum Gasteiger partial charge on any atom is 0.395 e. The number of methoxy groups -OCH3 is 1. The van der Waals surface area contributed by atoms with E-state index in [1.165, 1.54) is 24.5 Å². The zero-order valence-corrected chi connectivity index (χ0v) is 41.4. The van der Waals surface area contributed by atoms with Crippen molar-refractivity contribution in [3.05, 3.63) is 93.7 Å². The number of imide groups is 1. The second-order valence-electron chi connectivity index (χ2n) is 21.6. The molecular formula is C54H66F4N6O7. The Morgan fingerprint density at radius 3 is 2.38 bits per heavy atom. The lowest BCUT2D eigenvalue weighted by atomic mass is 9.67. The van der Waals surface area contributed by atoms with E-state index >= 15 is 4.39 Å². The van der Waals surface area contributed by atoms with E-state index in [2.05, 4.69) is 10.6 Å². The SMILES string of the molecule is COc1ccc([C@]2(CCN(Cc3ccc(C4=CC[C@H](C(=O)N5CCC(Nc6ccc7c8c6OCCn8c(=O)n7C6CCC(=O)NC6=O)CC5)CC4)c(F)c3)CC(C)(C)C(F)(F)F)CCOC(C)(C)C2)cc1. The number of carbonyl (C=O) groups is 3. The Kier molecular flexibility index (Phi) is 14.0. The maximum atomic E-state index is 16.1. The fraction of sp³-hybridized carbons (Fsp3) is 0.556. The summed E-state index contributed by atoms with van der Waals surface area (Å²) in [4.78, 5) is 55.8. The van der Waals surface area contributed by atoms with E-state index < -0.39 is 35.0 Å². The molecule has 71 heavy (non-hydrogen) atoms. The third kappa shape index (κ3) is 10.4. The number of nitrogens with zero attached hydrogens (tertiary/aromatic N) is 4. The van der Waals surface area contributed by atoms with Crippen molar-refractivity contribution in [1.82, 2.24) is 24.3 Å². The first-order valence-electron chi connectivity index (χ1n) is 25.1. The first-order valence-corrected chi connectivity index (χ1v) is 25.1. The van der Waals surface area contributed by atoms with Gasteiger partial charge in [-0.1, -0.05) is 30.3 Å². The third-order valence-electron chi connectivity index (χ3n) is 15.7. The molecule has 4 aromatic rings. The number of allylic oxidation sites excluding steroid dienone is 2. The normalized spacial score (nSPS) is 23.1. The first kappa shape index (κ1) is 50.3. The van der Waals surface area contributed by atoms with Gasteiger partial charge in [-0.2, -0.15) is 13.2 Å². The minimum Gasteiger partial charge on any atom is -0.497 e. The fourth-order valence-corrected chi connectivity index (χ4v) is 11.7. The Bertz CT molecular complexity index is 2760. The molecule has 382 valence electrons. The van der Waals surface area contributed by atoms with E-state index in [0.717, 1.165) is 29.0 Å². The predicted octanol–water partition coefficient (Wildman–Crippen LogP) is 8.92. The van der Waals surface area contributed by atoms with Gasteiger partial charge in [-0.3, -0.25) is 33.7 Å². The van der Waals surface area contributed by atoms with Crippen molar-refractivity contribution in [2.75, 3.05) is 51.8 Å². The molecule has 0 bridgehead atoms. The minimum absolute atomic E-state index is 0.0399. The van der Waals surface area contributed by atoms with Crippen molar-refractivity contribution in [2.24, 2.45) is 11.3 Å². The summed E-state index contributed by atoms with van der Waals surface area (Å²) >= 11 is 0. The Hall–Kier alpha value is -5.68. The molecule has 0 radical (unpaired) electrons. The van der Waals surface area contributed by atoms with Crippen LogP contribution in [0.3, 0.4) is 0 Å². The van der Waals surface area contributed by atoms with Gasteiger partial charge in [-0.25, -0.2) is 9.18 Å². The molecule has 1 aromatic heterocycles. The minimum atomic E-state index is -4.44. The summed E-state index contributed by atoms with van der Waals surface area (Å²) in [6, 6.07) is 15.8. The fourth-order valence-electron chi connectivity index (χ4n) is 11.7. The molecule has 1 aliphatic carbocycles. The van der Waals surface area contributed by atoms with Crippen LogP contribution in [0.5, 0.6) is 11.5 Å². The second-order valence-corrected chi connectivity index (χ2v) is 21.6. The van der Waals surface area contributed by atoms with Crippen LogP contribution in [-0.4, -0.2) is 101 Å². The first-order chi connectivity index (χ1) is 33.7. The van der Waals surface area contributed by atoms with Gasteiger partial charge in [0.1, 0.15) is 29.7 Å². The number of amides is 3. The number of halogens is 4. The van der Waals surface area contributed by atoms with Crippen LogP contribution in [0.4, 0.5) is 23.2 Å². The number of aromatic nitrogens is 2. The highest BCUT2D eigenvalue weighted by molar-refractivity contribution is 6.00. The average molecular weight is 987 g/mol. The van der Waals surface area contributed by atoms with E-state index in [0.29, 0.717) is 106 Å². The topological polar surface area (TPSA) is 136 Å². The average Bonchev–Trinajstić information content (AvgIpc) is 3.62. The highest BCUT2D eigenvalue weighted by Gasteiger charge is 2.49. The number of hydrogen-bond acceptors (Lipinski definition) is 9. The molecule has 0 saturated carbocycles. The molecule has 3 aromatic carbocycles. The summed E-state index contributed by atoms with van der Waals surface area (Å²) < 4.78 is 80.1. The second kappa shape index (κ2) is 19.7. The van der Waals surface area contributed by atoms with Crippen LogP contribution in [0.1, 0.15) is 115 Å². The van der Waals surface area contributed by atoms with Gasteiger partial charge < -0.3 is 24.4 Å². The van der Waals surface area contributed by atoms with E-state index in [-0.39, 0.29) is 67.4 Å². The Balaban J connectivity index is 0.825. The van der Waals surface area contributed by atoms with Gasteiger partial charge in [0.2, 0.25) is 17.7 Å². The summed E-state index contributed by atoms with van der Waals surface area (Å²) in [5.41, 5.74) is 1.78. The number of carbonyl (C=O) groups excluding carboxylic acids is 3. The number of imidazole rings is 1. The van der Waals surface area contributed by atoms with Gasteiger partial charge in [0, 0.05) is 62.1 Å². The number of anilines is 1. The lowest BCUT2D eigenvalue weighted by Crippen LogP contribution is -2.47. The number of ether oxygens (including phenoxy) is 3. The van der Waals surface area contributed by atoms with Crippen molar-refractivity contribution < 1.29 is 46.2 Å². The zero-order chi connectivity index (χ0) is 50.5. The van der Waals surface area contributed by atoms with E-state index in [9.17, 15) is 32.3 Å². The Morgan fingerprint density at radius 1 is 0.958 bits per heavy atom. The molecule has 5 heterocycles. The standard InChI is InChI=1S/C54H66F4N6O7/c1-51(2,54(56,57)58)33-61(26-22-53(23-28-71-52(3,4)32-53)37-11-13-39(69-5)14-12-37)31-34-6-15-40(41(55)30-34)35-7-9-36(10-8-35)49(67)62-24-20-38(21-25-62)59-42-16-17-43-46-47(42)70-29-27-63(46)50(68)64(43)44-18-19-45(65)60-48(44)66/h6-7,11-17,30,36,38,44,59H,8-10,18-29,31-33H2,1-5H3,(H,60,65,66)/t36-,44?,53+/m0/s1. The van der Waals surface area contributed by atoms with Crippen molar-refractivity contribution >= 4 is 40.0 Å². The van der Waals surface area contributed by atoms with Gasteiger partial charge in [0.05, 0.1) is 35.9 Å². The Morgan fingerprint density at radius 2 is 1.72 bits per heavy atom. The smallest absolute Gasteiger partial charge is 0.395 e. The molecule has 2 N–H and O–H groups in total. The van der Waals surface area contributed by atoms with E-state index in [4.69, 9.17) is 14.2 Å². The summed E-state index contributed by atoms with van der Waals surface area (Å²) in [5.74, 6) is -0.157. The van der Waals surface area contributed by atoms with Crippen LogP contribution in [0, 0.1) is 17.2 Å². The molecule has 13 nitrogen and oxygen atoms in total. The van der Waals surface area contributed by atoms with E-state index in [1.807, 2.05) is 72.2 Å². The van der Waals surface area contributed by atoms with Gasteiger partial charge in [0.25, 0.3) is 0 Å². The summed E-state index contributed by atoms with van der Waals surface area (Å²) in [6.07, 6.45) is 2.88. The van der Waals surface area contributed by atoms with Crippen LogP contribution in [0.2, 0.25) is 0 Å². The molecule has 3 atom stereocenters. The lowest BCUT2D eigenvalue weighted by Gasteiger charge is -2.46. The number of likely N-dealkylation sites (tertiary alicyclic amines) is 1. The van der Waals surface area contributed by atoms with Crippen LogP contribution in [-0.2, 0) is 37.6 Å². The number of benzene rings is 3. The predicted molar refractivity (Wildman–Crippen MR) is 262 cm³/mol. The van der Waals surface area contributed by atoms with Crippen LogP contribution in [0.15, 0.2) is 65.5 Å². The third-order valence-corrected chi connectivity index (χ3v) is 15.7. The summed E-state index contributed by atoms with van der Waals surface area (Å²) in [6.45, 7) is 9.05. The number of piperidine rings is 2. The maximum absolute atomic E-state index is 16.1. The number of nitrogens with one attached hydrogen (secondary N) is 2. The van der Waals surface area contributed by atoms with Crippen molar-refractivity contribution in [2.45, 2.75) is 134 Å². The van der Waals surface area contributed by atoms with Gasteiger partial charge in [-0.05, 0) is 139 Å². The summed E-state index contributed by atoms with van der Waals surface area (Å²) in [7, 11) is 1.61. The molecule has 0 spiro atoms. The molecule has 3 amide bonds. The van der Waals surface area contributed by atoms with Gasteiger partial charge in [-0.15, -0.1) is 0 Å². The molecule has 3 saturated heterocycles. The lowest BCUT2D eigenvalue weighted by molar-refractivity contribution is -0.217. The van der Waals surface area contributed by atoms with Crippen molar-refractivity contribution in [3.63, 3.8) is 0 Å². The monoisotopic (exact) mass is 986 g/mol. The number of alkyl halides is 3. The van der Waals surface area contributed by atoms with Crippen LogP contribution >= 0.6 is 0 Å². The van der Waals surface area contributed by atoms with Crippen LogP contribution in [0.25, 0.3) is 16.6 Å². The molecule has 5 aliphatic rings. The summed E-state index contributed by atoms with van der Waals surface area (Å²) in [5, 5.41) is 5.95.